The quantitative estimate of drug-likeness (QED) is 0.828. The first-order chi connectivity index (χ1) is 9.04. The highest BCUT2D eigenvalue weighted by Crippen LogP contribution is 2.38. The zero-order valence-corrected chi connectivity index (χ0v) is 11.7. The van der Waals surface area contributed by atoms with Gasteiger partial charge in [-0.25, -0.2) is 0 Å². The number of ether oxygens (including phenoxy) is 1. The van der Waals surface area contributed by atoms with Gasteiger partial charge in [0, 0.05) is 26.4 Å². The minimum absolute atomic E-state index is 0.129. The minimum atomic E-state index is -0.207. The van der Waals surface area contributed by atoms with Crippen LogP contribution in [-0.2, 0) is 16.1 Å². The maximum atomic E-state index is 12.2. The first-order valence-electron chi connectivity index (χ1n) is 6.68. The Kier molecular flexibility index (Phi) is 4.10. The number of rotatable bonds is 5. The molecule has 2 rings (SSSR count). The zero-order valence-electron chi connectivity index (χ0n) is 11.7. The molecule has 1 aromatic rings. The summed E-state index contributed by atoms with van der Waals surface area (Å²) >= 11 is 0. The average molecular weight is 262 g/mol. The van der Waals surface area contributed by atoms with Gasteiger partial charge in [-0.2, -0.15) is 0 Å². The molecule has 0 aromatic heterocycles. The lowest BCUT2D eigenvalue weighted by molar-refractivity contribution is -0.143. The molecular formula is C15H22N2O2. The standard InChI is InChI=1S/C15H22N2O2/c1-17(11-12-5-3-6-13(16)9-12)14(18)10-15(19-2)7-4-8-15/h3,5-6,9H,4,7-8,10-11,16H2,1-2H3. The van der Waals surface area contributed by atoms with Crippen LogP contribution in [0.25, 0.3) is 0 Å². The molecule has 1 aliphatic rings. The van der Waals surface area contributed by atoms with Crippen molar-refractivity contribution in [2.75, 3.05) is 19.9 Å². The number of carbonyl (C=O) groups is 1. The van der Waals surface area contributed by atoms with E-state index < -0.39 is 0 Å². The second kappa shape index (κ2) is 5.61. The molecular weight excluding hydrogens is 240 g/mol. The van der Waals surface area contributed by atoms with Crippen molar-refractivity contribution < 1.29 is 9.53 Å². The first-order valence-corrected chi connectivity index (χ1v) is 6.68. The van der Waals surface area contributed by atoms with Gasteiger partial charge in [-0.3, -0.25) is 4.79 Å². The summed E-state index contributed by atoms with van der Waals surface area (Å²) in [7, 11) is 3.53. The molecule has 0 bridgehead atoms. The third-order valence-electron chi connectivity index (χ3n) is 3.97. The summed E-state index contributed by atoms with van der Waals surface area (Å²) in [6.07, 6.45) is 3.60. The average Bonchev–Trinajstić information content (AvgIpc) is 2.33. The minimum Gasteiger partial charge on any atom is -0.399 e. The van der Waals surface area contributed by atoms with E-state index in [1.807, 2.05) is 31.3 Å². The van der Waals surface area contributed by atoms with Gasteiger partial charge >= 0.3 is 0 Å². The van der Waals surface area contributed by atoms with Crippen molar-refractivity contribution in [3.05, 3.63) is 29.8 Å². The summed E-state index contributed by atoms with van der Waals surface area (Å²) in [5.41, 5.74) is 7.31. The van der Waals surface area contributed by atoms with Crippen LogP contribution in [0.5, 0.6) is 0 Å². The van der Waals surface area contributed by atoms with E-state index >= 15 is 0 Å². The smallest absolute Gasteiger partial charge is 0.225 e. The van der Waals surface area contributed by atoms with E-state index in [0.717, 1.165) is 30.5 Å². The normalized spacial score (nSPS) is 16.7. The van der Waals surface area contributed by atoms with Crippen molar-refractivity contribution in [3.63, 3.8) is 0 Å². The molecule has 0 aliphatic heterocycles. The van der Waals surface area contributed by atoms with Gasteiger partial charge < -0.3 is 15.4 Å². The zero-order chi connectivity index (χ0) is 13.9. The maximum Gasteiger partial charge on any atom is 0.225 e. The highest BCUT2D eigenvalue weighted by Gasteiger charge is 2.39. The van der Waals surface area contributed by atoms with E-state index in [1.165, 1.54) is 0 Å². The summed E-state index contributed by atoms with van der Waals surface area (Å²) in [5, 5.41) is 0. The third kappa shape index (κ3) is 3.26. The number of nitrogen functional groups attached to an aromatic ring is 1. The number of benzene rings is 1. The van der Waals surface area contributed by atoms with Crippen molar-refractivity contribution in [2.24, 2.45) is 0 Å². The highest BCUT2D eigenvalue weighted by atomic mass is 16.5. The number of amides is 1. The SMILES string of the molecule is COC1(CC(=O)N(C)Cc2cccc(N)c2)CCC1. The number of hydrogen-bond donors (Lipinski definition) is 1. The molecule has 0 heterocycles. The molecule has 0 saturated heterocycles. The molecule has 19 heavy (non-hydrogen) atoms. The molecule has 0 spiro atoms. The van der Waals surface area contributed by atoms with Crippen LogP contribution in [0.3, 0.4) is 0 Å². The molecule has 1 aromatic carbocycles. The van der Waals surface area contributed by atoms with Crippen LogP contribution in [0.1, 0.15) is 31.2 Å². The molecule has 0 atom stereocenters. The van der Waals surface area contributed by atoms with Crippen molar-refractivity contribution in [1.29, 1.82) is 0 Å². The van der Waals surface area contributed by atoms with Gasteiger partial charge in [0.05, 0.1) is 12.0 Å². The lowest BCUT2D eigenvalue weighted by Gasteiger charge is -2.40. The van der Waals surface area contributed by atoms with Crippen LogP contribution in [0.2, 0.25) is 0 Å². The number of hydrogen-bond acceptors (Lipinski definition) is 3. The number of nitrogens with zero attached hydrogens (tertiary/aromatic N) is 1. The summed E-state index contributed by atoms with van der Waals surface area (Å²) in [6, 6.07) is 7.64. The first kappa shape index (κ1) is 13.9. The lowest BCUT2D eigenvalue weighted by atomic mass is 9.77. The predicted octanol–water partition coefficient (Wildman–Crippen LogP) is 2.19. The van der Waals surface area contributed by atoms with Crippen molar-refractivity contribution >= 4 is 11.6 Å². The fraction of sp³-hybridized carbons (Fsp3) is 0.533. The fourth-order valence-corrected chi connectivity index (χ4v) is 2.49. The van der Waals surface area contributed by atoms with E-state index in [1.54, 1.807) is 12.0 Å². The van der Waals surface area contributed by atoms with Gasteiger partial charge in [-0.1, -0.05) is 12.1 Å². The van der Waals surface area contributed by atoms with E-state index in [-0.39, 0.29) is 11.5 Å². The van der Waals surface area contributed by atoms with Crippen molar-refractivity contribution in [3.8, 4) is 0 Å². The molecule has 4 heteroatoms. The Morgan fingerprint density at radius 2 is 2.21 bits per heavy atom. The van der Waals surface area contributed by atoms with Gasteiger partial charge in [-0.15, -0.1) is 0 Å². The van der Waals surface area contributed by atoms with Crippen LogP contribution >= 0.6 is 0 Å². The molecule has 4 nitrogen and oxygen atoms in total. The Labute approximate surface area is 114 Å². The Bertz CT molecular complexity index is 450. The van der Waals surface area contributed by atoms with Crippen LogP contribution in [-0.4, -0.2) is 30.6 Å². The van der Waals surface area contributed by atoms with Gasteiger partial charge in [0.1, 0.15) is 0 Å². The van der Waals surface area contributed by atoms with Crippen LogP contribution < -0.4 is 5.73 Å². The Hall–Kier alpha value is -1.55. The van der Waals surface area contributed by atoms with E-state index in [0.29, 0.717) is 13.0 Å². The molecule has 0 unspecified atom stereocenters. The highest BCUT2D eigenvalue weighted by molar-refractivity contribution is 5.77. The second-order valence-corrected chi connectivity index (χ2v) is 5.41. The van der Waals surface area contributed by atoms with Gasteiger partial charge in [0.15, 0.2) is 0 Å². The molecule has 1 saturated carbocycles. The lowest BCUT2D eigenvalue weighted by Crippen LogP contribution is -2.44. The van der Waals surface area contributed by atoms with Gasteiger partial charge in [-0.05, 0) is 37.0 Å². The monoisotopic (exact) mass is 262 g/mol. The summed E-state index contributed by atoms with van der Waals surface area (Å²) in [4.78, 5) is 14.0. The predicted molar refractivity (Wildman–Crippen MR) is 75.5 cm³/mol. The second-order valence-electron chi connectivity index (χ2n) is 5.41. The number of methoxy groups -OCH3 is 1. The molecule has 0 radical (unpaired) electrons. The molecule has 1 fully saturated rings. The Morgan fingerprint density at radius 3 is 2.74 bits per heavy atom. The molecule has 1 amide bonds. The molecule has 1 aliphatic carbocycles. The van der Waals surface area contributed by atoms with E-state index in [9.17, 15) is 4.79 Å². The molecule has 2 N–H and O–H groups in total. The van der Waals surface area contributed by atoms with Gasteiger partial charge in [0.2, 0.25) is 5.91 Å². The van der Waals surface area contributed by atoms with Gasteiger partial charge in [0.25, 0.3) is 0 Å². The number of nitrogens with two attached hydrogens (primary N) is 1. The summed E-state index contributed by atoms with van der Waals surface area (Å²) in [5.74, 6) is 0.129. The van der Waals surface area contributed by atoms with Crippen molar-refractivity contribution in [2.45, 2.75) is 37.8 Å². The molecule has 104 valence electrons. The van der Waals surface area contributed by atoms with E-state index in [4.69, 9.17) is 10.5 Å². The summed E-state index contributed by atoms with van der Waals surface area (Å²) in [6.45, 7) is 0.587. The van der Waals surface area contributed by atoms with E-state index in [2.05, 4.69) is 0 Å². The Morgan fingerprint density at radius 1 is 1.47 bits per heavy atom. The largest absolute Gasteiger partial charge is 0.399 e. The van der Waals surface area contributed by atoms with Crippen LogP contribution in [0, 0.1) is 0 Å². The topological polar surface area (TPSA) is 55.6 Å². The van der Waals surface area contributed by atoms with Crippen LogP contribution in [0.4, 0.5) is 5.69 Å². The van der Waals surface area contributed by atoms with Crippen molar-refractivity contribution in [1.82, 2.24) is 4.90 Å². The number of carbonyl (C=O) groups excluding carboxylic acids is 1. The third-order valence-corrected chi connectivity index (χ3v) is 3.97. The number of anilines is 1. The maximum absolute atomic E-state index is 12.2. The van der Waals surface area contributed by atoms with Crippen LogP contribution in [0.15, 0.2) is 24.3 Å². The Balaban J connectivity index is 1.92. The summed E-state index contributed by atoms with van der Waals surface area (Å²) < 4.78 is 5.50. The fourth-order valence-electron chi connectivity index (χ4n) is 2.49.